The zero-order valence-corrected chi connectivity index (χ0v) is 18.0. The van der Waals surface area contributed by atoms with Gasteiger partial charge in [0.2, 0.25) is 5.91 Å². The number of likely N-dealkylation sites (tertiary alicyclic amines) is 2. The van der Waals surface area contributed by atoms with Crippen LogP contribution in [0.5, 0.6) is 0 Å². The summed E-state index contributed by atoms with van der Waals surface area (Å²) in [5.74, 6) is -0.152. The van der Waals surface area contributed by atoms with Gasteiger partial charge in [-0.25, -0.2) is 4.39 Å². The molecule has 2 saturated heterocycles. The summed E-state index contributed by atoms with van der Waals surface area (Å²) in [6, 6.07) is 12.2. The van der Waals surface area contributed by atoms with E-state index in [9.17, 15) is 9.18 Å². The molecule has 6 heteroatoms. The SMILES string of the molecule is CN1CCC(c2ccc(F)cc2)(C2CCN(Cc3cc(Cl)cc(Cl)c3)C2=O)CC1. The van der Waals surface area contributed by atoms with Crippen LogP contribution in [0, 0.1) is 11.7 Å². The van der Waals surface area contributed by atoms with Gasteiger partial charge in [0.1, 0.15) is 5.82 Å². The van der Waals surface area contributed by atoms with E-state index in [1.54, 1.807) is 6.07 Å². The molecule has 0 saturated carbocycles. The summed E-state index contributed by atoms with van der Waals surface area (Å²) in [7, 11) is 2.11. The molecule has 0 aliphatic carbocycles. The van der Waals surface area contributed by atoms with Gasteiger partial charge in [0.05, 0.1) is 0 Å². The minimum atomic E-state index is -0.242. The quantitative estimate of drug-likeness (QED) is 0.664. The van der Waals surface area contributed by atoms with Crippen molar-refractivity contribution in [2.45, 2.75) is 31.2 Å². The Labute approximate surface area is 181 Å². The number of amides is 1. The van der Waals surface area contributed by atoms with Crippen molar-refractivity contribution in [1.82, 2.24) is 9.80 Å². The summed E-state index contributed by atoms with van der Waals surface area (Å²) in [5, 5.41) is 1.16. The number of piperidine rings is 1. The van der Waals surface area contributed by atoms with Crippen LogP contribution in [-0.2, 0) is 16.8 Å². The molecule has 0 bridgehead atoms. The number of halogens is 3. The predicted molar refractivity (Wildman–Crippen MR) is 115 cm³/mol. The van der Waals surface area contributed by atoms with Crippen LogP contribution in [0.4, 0.5) is 4.39 Å². The predicted octanol–water partition coefficient (Wildman–Crippen LogP) is 5.14. The Morgan fingerprint density at radius 3 is 2.28 bits per heavy atom. The fraction of sp³-hybridized carbons (Fsp3) is 0.435. The highest BCUT2D eigenvalue weighted by atomic mass is 35.5. The van der Waals surface area contributed by atoms with Gasteiger partial charge in [0, 0.05) is 34.5 Å². The molecule has 0 aromatic heterocycles. The fourth-order valence-corrected chi connectivity index (χ4v) is 5.54. The molecule has 1 unspecified atom stereocenters. The molecule has 2 aliphatic heterocycles. The molecule has 4 rings (SSSR count). The van der Waals surface area contributed by atoms with Crippen molar-refractivity contribution >= 4 is 29.1 Å². The number of benzene rings is 2. The Morgan fingerprint density at radius 1 is 1.03 bits per heavy atom. The van der Waals surface area contributed by atoms with Crippen LogP contribution in [-0.4, -0.2) is 42.4 Å². The molecule has 0 spiro atoms. The first kappa shape index (κ1) is 20.6. The molecule has 2 aromatic carbocycles. The average Bonchev–Trinajstić information content (AvgIpc) is 3.03. The molecule has 2 fully saturated rings. The van der Waals surface area contributed by atoms with Gasteiger partial charge in [-0.1, -0.05) is 35.3 Å². The van der Waals surface area contributed by atoms with E-state index in [0.29, 0.717) is 23.1 Å². The molecule has 1 atom stereocenters. The number of carbonyl (C=O) groups is 1. The van der Waals surface area contributed by atoms with Crippen LogP contribution in [0.1, 0.15) is 30.4 Å². The minimum Gasteiger partial charge on any atom is -0.338 e. The van der Waals surface area contributed by atoms with Crippen molar-refractivity contribution < 1.29 is 9.18 Å². The number of hydrogen-bond acceptors (Lipinski definition) is 2. The van der Waals surface area contributed by atoms with Crippen molar-refractivity contribution in [1.29, 1.82) is 0 Å². The van der Waals surface area contributed by atoms with Gasteiger partial charge in [-0.3, -0.25) is 4.79 Å². The highest BCUT2D eigenvalue weighted by Crippen LogP contribution is 2.46. The monoisotopic (exact) mass is 434 g/mol. The lowest BCUT2D eigenvalue weighted by Crippen LogP contribution is -2.48. The Kier molecular flexibility index (Phi) is 5.87. The minimum absolute atomic E-state index is 0.0867. The van der Waals surface area contributed by atoms with Gasteiger partial charge >= 0.3 is 0 Å². The maximum absolute atomic E-state index is 13.6. The molecule has 1 amide bonds. The van der Waals surface area contributed by atoms with E-state index < -0.39 is 0 Å². The Hall–Kier alpha value is -1.62. The van der Waals surface area contributed by atoms with Crippen molar-refractivity contribution in [3.8, 4) is 0 Å². The lowest BCUT2D eigenvalue weighted by atomic mass is 9.64. The van der Waals surface area contributed by atoms with Crippen molar-refractivity contribution in [3.63, 3.8) is 0 Å². The van der Waals surface area contributed by atoms with Gasteiger partial charge in [0.25, 0.3) is 0 Å². The van der Waals surface area contributed by atoms with Crippen LogP contribution in [0.25, 0.3) is 0 Å². The first-order valence-electron chi connectivity index (χ1n) is 10.1. The summed E-state index contributed by atoms with van der Waals surface area (Å²) in [5.41, 5.74) is 1.78. The van der Waals surface area contributed by atoms with E-state index in [2.05, 4.69) is 11.9 Å². The summed E-state index contributed by atoms with van der Waals surface area (Å²) in [4.78, 5) is 17.7. The molecular formula is C23H25Cl2FN2O. The molecule has 3 nitrogen and oxygen atoms in total. The molecule has 2 aromatic rings. The van der Waals surface area contributed by atoms with Crippen LogP contribution in [0.15, 0.2) is 42.5 Å². The lowest BCUT2D eigenvalue weighted by molar-refractivity contribution is -0.134. The molecule has 29 heavy (non-hydrogen) atoms. The second-order valence-corrected chi connectivity index (χ2v) is 9.22. The van der Waals surface area contributed by atoms with E-state index in [-0.39, 0.29) is 23.1 Å². The van der Waals surface area contributed by atoms with Crippen molar-refractivity contribution in [2.24, 2.45) is 5.92 Å². The smallest absolute Gasteiger partial charge is 0.226 e. The zero-order chi connectivity index (χ0) is 20.6. The molecule has 2 heterocycles. The van der Waals surface area contributed by atoms with Gasteiger partial charge in [-0.05, 0) is 80.9 Å². The number of carbonyl (C=O) groups excluding carboxylic acids is 1. The lowest BCUT2D eigenvalue weighted by Gasteiger charge is -2.44. The summed E-state index contributed by atoms with van der Waals surface area (Å²) >= 11 is 12.3. The Bertz CT molecular complexity index is 874. The maximum atomic E-state index is 13.6. The summed E-state index contributed by atoms with van der Waals surface area (Å²) in [6.45, 7) is 3.09. The van der Waals surface area contributed by atoms with Crippen LogP contribution < -0.4 is 0 Å². The first-order chi connectivity index (χ1) is 13.9. The van der Waals surface area contributed by atoms with E-state index >= 15 is 0 Å². The molecule has 154 valence electrons. The van der Waals surface area contributed by atoms with Crippen molar-refractivity contribution in [3.05, 3.63) is 69.5 Å². The first-order valence-corrected chi connectivity index (χ1v) is 10.8. The van der Waals surface area contributed by atoms with Crippen LogP contribution in [0.2, 0.25) is 10.0 Å². The number of nitrogens with zero attached hydrogens (tertiary/aromatic N) is 2. The normalized spacial score (nSPS) is 22.3. The van der Waals surface area contributed by atoms with Gasteiger partial charge < -0.3 is 9.80 Å². The van der Waals surface area contributed by atoms with Gasteiger partial charge in [0.15, 0.2) is 0 Å². The van der Waals surface area contributed by atoms with Gasteiger partial charge in [-0.15, -0.1) is 0 Å². The molecule has 2 aliphatic rings. The standard InChI is InChI=1S/C23H25Cl2FN2O/c1-27-10-7-23(8-11-27,17-2-4-20(26)5-3-17)21-6-9-28(22(21)29)15-16-12-18(24)14-19(25)13-16/h2-5,12-14,21H,6-11,15H2,1H3. The summed E-state index contributed by atoms with van der Waals surface area (Å²) in [6.07, 6.45) is 2.62. The third-order valence-corrected chi connectivity index (χ3v) is 7.00. The number of hydrogen-bond donors (Lipinski definition) is 0. The third-order valence-electron chi connectivity index (χ3n) is 6.56. The van der Waals surface area contributed by atoms with E-state index in [1.165, 1.54) is 12.1 Å². The van der Waals surface area contributed by atoms with Crippen LogP contribution >= 0.6 is 23.2 Å². The Morgan fingerprint density at radius 2 is 1.66 bits per heavy atom. The highest BCUT2D eigenvalue weighted by Gasteiger charge is 2.49. The number of rotatable bonds is 4. The van der Waals surface area contributed by atoms with Crippen molar-refractivity contribution in [2.75, 3.05) is 26.7 Å². The molecule has 0 N–H and O–H groups in total. The second-order valence-electron chi connectivity index (χ2n) is 8.35. The molecular weight excluding hydrogens is 410 g/mol. The third kappa shape index (κ3) is 4.16. The van der Waals surface area contributed by atoms with Crippen LogP contribution in [0.3, 0.4) is 0 Å². The van der Waals surface area contributed by atoms with E-state index in [1.807, 2.05) is 29.2 Å². The van der Waals surface area contributed by atoms with E-state index in [4.69, 9.17) is 23.2 Å². The molecule has 0 radical (unpaired) electrons. The van der Waals surface area contributed by atoms with Gasteiger partial charge in [-0.2, -0.15) is 0 Å². The maximum Gasteiger partial charge on any atom is 0.226 e. The fourth-order valence-electron chi connectivity index (χ4n) is 4.97. The van der Waals surface area contributed by atoms with E-state index in [0.717, 1.165) is 43.5 Å². The Balaban J connectivity index is 1.60. The largest absolute Gasteiger partial charge is 0.338 e. The topological polar surface area (TPSA) is 23.6 Å². The summed E-state index contributed by atoms with van der Waals surface area (Å²) < 4.78 is 13.6. The zero-order valence-electron chi connectivity index (χ0n) is 16.5. The highest BCUT2D eigenvalue weighted by molar-refractivity contribution is 6.34. The average molecular weight is 435 g/mol. The second kappa shape index (κ2) is 8.25.